The first-order chi connectivity index (χ1) is 9.47. The van der Waals surface area contributed by atoms with Crippen molar-refractivity contribution in [2.24, 2.45) is 0 Å². The summed E-state index contributed by atoms with van der Waals surface area (Å²) in [4.78, 5) is 30.8. The van der Waals surface area contributed by atoms with Crippen molar-refractivity contribution in [1.82, 2.24) is 15.3 Å². The van der Waals surface area contributed by atoms with Gasteiger partial charge in [-0.25, -0.2) is 9.78 Å². The Kier molecular flexibility index (Phi) is 4.09. The van der Waals surface area contributed by atoms with Crippen molar-refractivity contribution in [3.63, 3.8) is 0 Å². The summed E-state index contributed by atoms with van der Waals surface area (Å²) < 4.78 is 0. The Morgan fingerprint density at radius 3 is 2.65 bits per heavy atom. The number of amides is 1. The third-order valence-corrected chi connectivity index (χ3v) is 3.74. The van der Waals surface area contributed by atoms with Crippen molar-refractivity contribution in [3.8, 4) is 0 Å². The molecule has 1 amide bonds. The first kappa shape index (κ1) is 14.1. The van der Waals surface area contributed by atoms with Gasteiger partial charge in [-0.3, -0.25) is 9.78 Å². The smallest absolute Gasteiger partial charge is 0.337 e. The molecule has 0 spiro atoms. The predicted octanol–water partition coefficient (Wildman–Crippen LogP) is 2.04. The number of pyridine rings is 1. The average Bonchev–Trinajstić information content (AvgIpc) is 2.85. The van der Waals surface area contributed by atoms with Crippen molar-refractivity contribution in [1.29, 1.82) is 0 Å². The number of carboxylic acids is 1. The molecule has 2 heterocycles. The Labute approximate surface area is 119 Å². The standard InChI is InChI=1S/C13H13N3O3S/c1-7-6-20-12(15-7)8(2)16-11(17)10-4-3-9(5-14-10)13(18)19/h3-6,8H,1-2H3,(H,16,17)(H,18,19). The number of rotatable bonds is 4. The lowest BCUT2D eigenvalue weighted by Crippen LogP contribution is -2.27. The Balaban J connectivity index is 2.06. The van der Waals surface area contributed by atoms with E-state index in [0.717, 1.165) is 16.9 Å². The van der Waals surface area contributed by atoms with Crippen molar-refractivity contribution >= 4 is 23.2 Å². The molecule has 0 fully saturated rings. The number of aryl methyl sites for hydroxylation is 1. The molecule has 0 bridgehead atoms. The molecule has 0 aliphatic heterocycles. The highest BCUT2D eigenvalue weighted by atomic mass is 32.1. The van der Waals surface area contributed by atoms with Gasteiger partial charge in [0.25, 0.3) is 5.91 Å². The number of nitrogens with one attached hydrogen (secondary N) is 1. The molecule has 20 heavy (non-hydrogen) atoms. The molecule has 2 N–H and O–H groups in total. The Bertz CT molecular complexity index is 637. The number of hydrogen-bond acceptors (Lipinski definition) is 5. The maximum atomic E-state index is 12.0. The summed E-state index contributed by atoms with van der Waals surface area (Å²) in [5.41, 5.74) is 1.13. The van der Waals surface area contributed by atoms with Crippen LogP contribution >= 0.6 is 11.3 Å². The highest BCUT2D eigenvalue weighted by Gasteiger charge is 2.15. The minimum absolute atomic E-state index is 0.0464. The number of carboxylic acid groups (broad SMARTS) is 1. The van der Waals surface area contributed by atoms with Crippen LogP contribution in [0.5, 0.6) is 0 Å². The number of nitrogens with zero attached hydrogens (tertiary/aromatic N) is 2. The van der Waals surface area contributed by atoms with Gasteiger partial charge < -0.3 is 10.4 Å². The third kappa shape index (κ3) is 3.18. The number of thiazole rings is 1. The van der Waals surface area contributed by atoms with Gasteiger partial charge in [0.2, 0.25) is 0 Å². The van der Waals surface area contributed by atoms with E-state index in [9.17, 15) is 9.59 Å². The summed E-state index contributed by atoms with van der Waals surface area (Å²) in [7, 11) is 0. The molecular formula is C13H13N3O3S. The van der Waals surface area contributed by atoms with Gasteiger partial charge >= 0.3 is 5.97 Å². The molecule has 2 aromatic rings. The van der Waals surface area contributed by atoms with Gasteiger partial charge in [-0.2, -0.15) is 0 Å². The SMILES string of the molecule is Cc1csc(C(C)NC(=O)c2ccc(C(=O)O)cn2)n1. The van der Waals surface area contributed by atoms with Gasteiger partial charge in [0.05, 0.1) is 11.6 Å². The van der Waals surface area contributed by atoms with E-state index >= 15 is 0 Å². The molecule has 7 heteroatoms. The fourth-order valence-corrected chi connectivity index (χ4v) is 2.36. The summed E-state index contributed by atoms with van der Waals surface area (Å²) in [5, 5.41) is 14.3. The highest BCUT2D eigenvalue weighted by molar-refractivity contribution is 7.09. The van der Waals surface area contributed by atoms with Crippen LogP contribution in [0.1, 0.15) is 44.5 Å². The molecule has 1 unspecified atom stereocenters. The normalized spacial score (nSPS) is 11.9. The maximum Gasteiger partial charge on any atom is 0.337 e. The number of aromatic carboxylic acids is 1. The van der Waals surface area contributed by atoms with Crippen LogP contribution in [0.2, 0.25) is 0 Å². The molecule has 0 aliphatic rings. The Hall–Kier alpha value is -2.28. The minimum atomic E-state index is -1.07. The van der Waals surface area contributed by atoms with E-state index in [0.29, 0.717) is 0 Å². The molecule has 0 aliphatic carbocycles. The molecule has 6 nitrogen and oxygen atoms in total. The molecule has 0 aromatic carbocycles. The van der Waals surface area contributed by atoms with Crippen molar-refractivity contribution < 1.29 is 14.7 Å². The molecule has 2 aromatic heterocycles. The summed E-state index contributed by atoms with van der Waals surface area (Å²) in [6.45, 7) is 3.72. The van der Waals surface area contributed by atoms with E-state index in [2.05, 4.69) is 15.3 Å². The van der Waals surface area contributed by atoms with E-state index in [1.165, 1.54) is 23.5 Å². The number of carbonyl (C=O) groups excluding carboxylic acids is 1. The van der Waals surface area contributed by atoms with Gasteiger partial charge in [-0.05, 0) is 26.0 Å². The third-order valence-electron chi connectivity index (χ3n) is 2.60. The lowest BCUT2D eigenvalue weighted by Gasteiger charge is -2.10. The van der Waals surface area contributed by atoms with E-state index in [-0.39, 0.29) is 23.2 Å². The number of carbonyl (C=O) groups is 2. The van der Waals surface area contributed by atoms with Crippen molar-refractivity contribution in [2.45, 2.75) is 19.9 Å². The lowest BCUT2D eigenvalue weighted by molar-refractivity contribution is 0.0695. The Morgan fingerprint density at radius 1 is 1.40 bits per heavy atom. The van der Waals surface area contributed by atoms with Crippen LogP contribution in [-0.2, 0) is 0 Å². The first-order valence-corrected chi connectivity index (χ1v) is 6.77. The zero-order valence-corrected chi connectivity index (χ0v) is 11.8. The predicted molar refractivity (Wildman–Crippen MR) is 73.9 cm³/mol. The monoisotopic (exact) mass is 291 g/mol. The van der Waals surface area contributed by atoms with Crippen LogP contribution in [0, 0.1) is 6.92 Å². The van der Waals surface area contributed by atoms with Gasteiger partial charge in [-0.1, -0.05) is 0 Å². The van der Waals surface area contributed by atoms with Crippen molar-refractivity contribution in [2.75, 3.05) is 0 Å². The van der Waals surface area contributed by atoms with Crippen LogP contribution in [0.25, 0.3) is 0 Å². The molecule has 0 radical (unpaired) electrons. The van der Waals surface area contributed by atoms with Gasteiger partial charge in [-0.15, -0.1) is 11.3 Å². The van der Waals surface area contributed by atoms with Gasteiger partial charge in [0.1, 0.15) is 10.7 Å². The summed E-state index contributed by atoms with van der Waals surface area (Å²) in [5.74, 6) is -1.43. The summed E-state index contributed by atoms with van der Waals surface area (Å²) in [6, 6.07) is 2.52. The quantitative estimate of drug-likeness (QED) is 0.899. The van der Waals surface area contributed by atoms with Crippen LogP contribution in [0.15, 0.2) is 23.7 Å². The second-order valence-electron chi connectivity index (χ2n) is 4.26. The van der Waals surface area contributed by atoms with E-state index in [1.807, 2.05) is 19.2 Å². The average molecular weight is 291 g/mol. The second kappa shape index (κ2) is 5.79. The lowest BCUT2D eigenvalue weighted by atomic mass is 10.2. The second-order valence-corrected chi connectivity index (χ2v) is 5.15. The maximum absolute atomic E-state index is 12.0. The highest BCUT2D eigenvalue weighted by Crippen LogP contribution is 2.17. The van der Waals surface area contributed by atoms with E-state index in [4.69, 9.17) is 5.11 Å². The minimum Gasteiger partial charge on any atom is -0.478 e. The van der Waals surface area contributed by atoms with Crippen LogP contribution in [-0.4, -0.2) is 27.0 Å². The molecule has 1 atom stereocenters. The largest absolute Gasteiger partial charge is 0.478 e. The van der Waals surface area contributed by atoms with E-state index in [1.54, 1.807) is 0 Å². The number of hydrogen-bond donors (Lipinski definition) is 2. The molecule has 0 saturated carbocycles. The molecule has 104 valence electrons. The van der Waals surface area contributed by atoms with Crippen LogP contribution in [0.4, 0.5) is 0 Å². The van der Waals surface area contributed by atoms with Crippen molar-refractivity contribution in [3.05, 3.63) is 45.7 Å². The van der Waals surface area contributed by atoms with Gasteiger partial charge in [0, 0.05) is 17.3 Å². The van der Waals surface area contributed by atoms with Gasteiger partial charge in [0.15, 0.2) is 0 Å². The van der Waals surface area contributed by atoms with E-state index < -0.39 is 5.97 Å². The molecule has 0 saturated heterocycles. The van der Waals surface area contributed by atoms with Crippen LogP contribution in [0.3, 0.4) is 0 Å². The number of aromatic nitrogens is 2. The topological polar surface area (TPSA) is 92.2 Å². The fourth-order valence-electron chi connectivity index (χ4n) is 1.56. The summed E-state index contributed by atoms with van der Waals surface area (Å²) >= 11 is 1.48. The molecule has 2 rings (SSSR count). The fraction of sp³-hybridized carbons (Fsp3) is 0.231. The summed E-state index contributed by atoms with van der Waals surface area (Å²) in [6.07, 6.45) is 1.16. The first-order valence-electron chi connectivity index (χ1n) is 5.89. The van der Waals surface area contributed by atoms with Crippen LogP contribution < -0.4 is 5.32 Å². The zero-order valence-electron chi connectivity index (χ0n) is 11.0. The Morgan fingerprint density at radius 2 is 2.15 bits per heavy atom. The zero-order chi connectivity index (χ0) is 14.7. The molecular weight excluding hydrogens is 278 g/mol.